The van der Waals surface area contributed by atoms with Crippen LogP contribution in [0.25, 0.3) is 0 Å². The van der Waals surface area contributed by atoms with Gasteiger partial charge in [-0.2, -0.15) is 0 Å². The SMILES string of the molecule is CC#CCC(CC1(C(=O)NC2CCCC(C(=O)O)C2)CCCC1)C(=O)O. The molecule has 2 aliphatic carbocycles. The summed E-state index contributed by atoms with van der Waals surface area (Å²) < 4.78 is 0. The van der Waals surface area contributed by atoms with Gasteiger partial charge in [-0.05, 0) is 45.4 Å². The van der Waals surface area contributed by atoms with E-state index in [0.717, 1.165) is 25.7 Å². The van der Waals surface area contributed by atoms with Crippen LogP contribution in [0.5, 0.6) is 0 Å². The molecule has 2 saturated carbocycles. The van der Waals surface area contributed by atoms with Gasteiger partial charge in [-0.1, -0.05) is 19.3 Å². The molecule has 144 valence electrons. The van der Waals surface area contributed by atoms with Crippen molar-refractivity contribution in [3.8, 4) is 11.8 Å². The van der Waals surface area contributed by atoms with Crippen LogP contribution in [-0.4, -0.2) is 34.1 Å². The third-order valence-electron chi connectivity index (χ3n) is 5.91. The van der Waals surface area contributed by atoms with Gasteiger partial charge in [0.05, 0.1) is 17.3 Å². The van der Waals surface area contributed by atoms with Crippen molar-refractivity contribution in [1.82, 2.24) is 5.32 Å². The quantitative estimate of drug-likeness (QED) is 0.604. The molecular weight excluding hydrogens is 334 g/mol. The van der Waals surface area contributed by atoms with Gasteiger partial charge in [-0.25, -0.2) is 0 Å². The van der Waals surface area contributed by atoms with Crippen LogP contribution in [0.3, 0.4) is 0 Å². The minimum Gasteiger partial charge on any atom is -0.481 e. The molecule has 0 aliphatic heterocycles. The molecule has 26 heavy (non-hydrogen) atoms. The Hall–Kier alpha value is -2.03. The summed E-state index contributed by atoms with van der Waals surface area (Å²) in [5.41, 5.74) is -0.658. The average Bonchev–Trinajstić information content (AvgIpc) is 3.08. The van der Waals surface area contributed by atoms with Crippen molar-refractivity contribution in [2.45, 2.75) is 77.2 Å². The van der Waals surface area contributed by atoms with Gasteiger partial charge < -0.3 is 15.5 Å². The van der Waals surface area contributed by atoms with Crippen LogP contribution in [0.1, 0.15) is 71.1 Å². The fourth-order valence-corrected chi connectivity index (χ4v) is 4.40. The van der Waals surface area contributed by atoms with Gasteiger partial charge in [0.2, 0.25) is 5.91 Å². The number of hydrogen-bond acceptors (Lipinski definition) is 3. The predicted octanol–water partition coefficient (Wildman–Crippen LogP) is 2.81. The number of nitrogens with one attached hydrogen (secondary N) is 1. The molecule has 0 bridgehead atoms. The molecule has 0 aromatic heterocycles. The maximum Gasteiger partial charge on any atom is 0.307 e. The van der Waals surface area contributed by atoms with Crippen molar-refractivity contribution < 1.29 is 24.6 Å². The van der Waals surface area contributed by atoms with Gasteiger partial charge in [0.15, 0.2) is 0 Å². The van der Waals surface area contributed by atoms with Crippen molar-refractivity contribution in [1.29, 1.82) is 0 Å². The first-order valence-electron chi connectivity index (χ1n) is 9.54. The van der Waals surface area contributed by atoms with Crippen molar-refractivity contribution in [2.24, 2.45) is 17.3 Å². The summed E-state index contributed by atoms with van der Waals surface area (Å²) in [6.07, 6.45) is 6.47. The van der Waals surface area contributed by atoms with E-state index in [0.29, 0.717) is 32.1 Å². The Morgan fingerprint density at radius 3 is 2.42 bits per heavy atom. The van der Waals surface area contributed by atoms with Gasteiger partial charge in [0.1, 0.15) is 0 Å². The average molecular weight is 363 g/mol. The standard InChI is InChI=1S/C20H29NO5/c1-2-3-7-15(18(24)25)13-20(10-4-5-11-20)19(26)21-16-9-6-8-14(12-16)17(22)23/h14-16H,4-13H2,1H3,(H,21,26)(H,22,23)(H,24,25). The number of carboxylic acids is 2. The summed E-state index contributed by atoms with van der Waals surface area (Å²) in [7, 11) is 0. The molecule has 3 atom stereocenters. The molecule has 0 spiro atoms. The molecule has 0 heterocycles. The molecular formula is C20H29NO5. The molecule has 0 radical (unpaired) electrons. The summed E-state index contributed by atoms with van der Waals surface area (Å²) in [5, 5.41) is 21.8. The zero-order chi connectivity index (χ0) is 19.2. The summed E-state index contributed by atoms with van der Waals surface area (Å²) in [6, 6.07) is -0.131. The van der Waals surface area contributed by atoms with Crippen molar-refractivity contribution in [3.63, 3.8) is 0 Å². The summed E-state index contributed by atoms with van der Waals surface area (Å²) >= 11 is 0. The second-order valence-corrected chi connectivity index (χ2v) is 7.73. The zero-order valence-electron chi connectivity index (χ0n) is 15.4. The highest BCUT2D eigenvalue weighted by Gasteiger charge is 2.44. The van der Waals surface area contributed by atoms with Crippen molar-refractivity contribution >= 4 is 17.8 Å². The molecule has 0 saturated heterocycles. The maximum atomic E-state index is 13.1. The van der Waals surface area contributed by atoms with E-state index in [2.05, 4.69) is 17.2 Å². The van der Waals surface area contributed by atoms with Crippen LogP contribution in [0.15, 0.2) is 0 Å². The van der Waals surface area contributed by atoms with E-state index in [1.165, 1.54) is 0 Å². The Labute approximate surface area is 154 Å². The second kappa shape index (κ2) is 9.07. The summed E-state index contributed by atoms with van der Waals surface area (Å²) in [6.45, 7) is 1.68. The first kappa shape index (κ1) is 20.3. The van der Waals surface area contributed by atoms with Gasteiger partial charge in [0, 0.05) is 12.5 Å². The fourth-order valence-electron chi connectivity index (χ4n) is 4.40. The lowest BCUT2D eigenvalue weighted by Crippen LogP contribution is -2.47. The molecule has 6 nitrogen and oxygen atoms in total. The number of aliphatic carboxylic acids is 2. The van der Waals surface area contributed by atoms with Crippen LogP contribution in [-0.2, 0) is 14.4 Å². The molecule has 3 unspecified atom stereocenters. The van der Waals surface area contributed by atoms with E-state index < -0.39 is 29.2 Å². The maximum absolute atomic E-state index is 13.1. The highest BCUT2D eigenvalue weighted by atomic mass is 16.4. The minimum absolute atomic E-state index is 0.0956. The number of hydrogen-bond donors (Lipinski definition) is 3. The van der Waals surface area contributed by atoms with E-state index in [1.807, 2.05) is 0 Å². The molecule has 0 aromatic rings. The Morgan fingerprint density at radius 2 is 1.85 bits per heavy atom. The molecule has 3 N–H and O–H groups in total. The third-order valence-corrected chi connectivity index (χ3v) is 5.91. The van der Waals surface area contributed by atoms with Crippen LogP contribution in [0.4, 0.5) is 0 Å². The van der Waals surface area contributed by atoms with Crippen molar-refractivity contribution in [2.75, 3.05) is 0 Å². The van der Waals surface area contributed by atoms with Crippen molar-refractivity contribution in [3.05, 3.63) is 0 Å². The third kappa shape index (κ3) is 5.00. The summed E-state index contributed by atoms with van der Waals surface area (Å²) in [4.78, 5) is 35.9. The van der Waals surface area contributed by atoms with E-state index in [9.17, 15) is 24.6 Å². The van der Waals surface area contributed by atoms with E-state index in [1.54, 1.807) is 6.92 Å². The molecule has 2 aliphatic rings. The van der Waals surface area contributed by atoms with E-state index >= 15 is 0 Å². The Balaban J connectivity index is 2.06. The highest BCUT2D eigenvalue weighted by Crippen LogP contribution is 2.44. The fraction of sp³-hybridized carbons (Fsp3) is 0.750. The minimum atomic E-state index is -0.907. The predicted molar refractivity (Wildman–Crippen MR) is 96.2 cm³/mol. The Bertz CT molecular complexity index is 597. The normalized spacial score (nSPS) is 25.6. The second-order valence-electron chi connectivity index (χ2n) is 7.73. The van der Waals surface area contributed by atoms with Gasteiger partial charge in [-0.15, -0.1) is 11.8 Å². The molecule has 2 fully saturated rings. The first-order chi connectivity index (χ1) is 12.4. The summed E-state index contributed by atoms with van der Waals surface area (Å²) in [5.74, 6) is 2.71. The largest absolute Gasteiger partial charge is 0.481 e. The van der Waals surface area contributed by atoms with Crippen LogP contribution >= 0.6 is 0 Å². The number of carbonyl (C=O) groups excluding carboxylic acids is 1. The lowest BCUT2D eigenvalue weighted by molar-refractivity contribution is -0.146. The molecule has 0 aromatic carbocycles. The topological polar surface area (TPSA) is 104 Å². The number of amides is 1. The number of carbonyl (C=O) groups is 3. The molecule has 1 amide bonds. The number of carboxylic acid groups (broad SMARTS) is 2. The number of rotatable bonds is 7. The zero-order valence-corrected chi connectivity index (χ0v) is 15.4. The Kier molecular flexibility index (Phi) is 7.07. The van der Waals surface area contributed by atoms with Gasteiger partial charge in [-0.3, -0.25) is 14.4 Å². The van der Waals surface area contributed by atoms with Gasteiger partial charge >= 0.3 is 11.9 Å². The lowest BCUT2D eigenvalue weighted by atomic mass is 9.75. The molecule has 6 heteroatoms. The first-order valence-corrected chi connectivity index (χ1v) is 9.54. The Morgan fingerprint density at radius 1 is 1.15 bits per heavy atom. The van der Waals surface area contributed by atoms with Crippen LogP contribution < -0.4 is 5.32 Å². The smallest absolute Gasteiger partial charge is 0.307 e. The van der Waals surface area contributed by atoms with Crippen LogP contribution in [0.2, 0.25) is 0 Å². The van der Waals surface area contributed by atoms with E-state index in [-0.39, 0.29) is 18.4 Å². The van der Waals surface area contributed by atoms with E-state index in [4.69, 9.17) is 0 Å². The lowest BCUT2D eigenvalue weighted by Gasteiger charge is -2.34. The highest BCUT2D eigenvalue weighted by molar-refractivity contribution is 5.84. The van der Waals surface area contributed by atoms with Crippen LogP contribution in [0, 0.1) is 29.1 Å². The molecule has 2 rings (SSSR count). The monoisotopic (exact) mass is 363 g/mol. The van der Waals surface area contributed by atoms with Gasteiger partial charge in [0.25, 0.3) is 0 Å².